The zero-order chi connectivity index (χ0) is 26.0. The molecule has 3 aliphatic rings. The number of aromatic nitrogens is 2. The summed E-state index contributed by atoms with van der Waals surface area (Å²) in [6.45, 7) is 4.18. The first-order chi connectivity index (χ1) is 19.1. The molecule has 3 aromatic carbocycles. The van der Waals surface area contributed by atoms with E-state index in [-0.39, 0.29) is 11.8 Å². The molecule has 4 nitrogen and oxygen atoms in total. The fraction of sp³-hybridized carbons (Fsp3) is 0.143. The number of aryl methyl sites for hydroxylation is 2. The fourth-order valence-corrected chi connectivity index (χ4v) is 7.33. The number of rotatable bonds is 1. The Balaban J connectivity index is 1.35. The van der Waals surface area contributed by atoms with Gasteiger partial charge in [-0.1, -0.05) is 36.4 Å². The minimum atomic E-state index is 0.153. The average molecular weight is 506 g/mol. The van der Waals surface area contributed by atoms with Crippen LogP contribution in [0.15, 0.2) is 94.2 Å². The molecule has 4 heteroatoms. The van der Waals surface area contributed by atoms with E-state index in [9.17, 15) is 0 Å². The van der Waals surface area contributed by atoms with Crippen molar-refractivity contribution in [2.24, 2.45) is 7.05 Å². The van der Waals surface area contributed by atoms with Gasteiger partial charge in [0.15, 0.2) is 11.3 Å². The van der Waals surface area contributed by atoms with Crippen molar-refractivity contribution in [3.63, 3.8) is 0 Å². The minimum absolute atomic E-state index is 0.153. The van der Waals surface area contributed by atoms with Crippen LogP contribution in [0.2, 0.25) is 0 Å². The van der Waals surface area contributed by atoms with Crippen LogP contribution in [0.25, 0.3) is 44.1 Å². The predicted octanol–water partition coefficient (Wildman–Crippen LogP) is 7.82. The molecule has 0 N–H and O–H groups in total. The molecular weight excluding hydrogens is 480 g/mol. The highest BCUT2D eigenvalue weighted by Crippen LogP contribution is 2.55. The van der Waals surface area contributed by atoms with Crippen LogP contribution in [0.3, 0.4) is 0 Å². The van der Waals surface area contributed by atoms with Gasteiger partial charge < -0.3 is 8.83 Å². The van der Waals surface area contributed by atoms with Crippen LogP contribution in [0.4, 0.5) is 0 Å². The molecule has 3 aliphatic carbocycles. The van der Waals surface area contributed by atoms with E-state index in [1.165, 1.54) is 39.1 Å². The van der Waals surface area contributed by atoms with Crippen molar-refractivity contribution in [2.75, 3.05) is 0 Å². The number of hydrogen-bond donors (Lipinski definition) is 0. The molecule has 4 heterocycles. The number of fused-ring (bicyclic) bond motifs is 4. The van der Waals surface area contributed by atoms with Crippen LogP contribution in [0.1, 0.15) is 56.6 Å². The molecule has 0 saturated heterocycles. The summed E-state index contributed by atoms with van der Waals surface area (Å²) in [7, 11) is 2.22. The normalized spacial score (nSPS) is 17.1. The molecule has 0 fully saturated rings. The molecule has 0 amide bonds. The Morgan fingerprint density at radius 2 is 1.44 bits per heavy atom. The second kappa shape index (κ2) is 7.23. The molecule has 0 aliphatic heterocycles. The molecule has 0 spiro atoms. The Morgan fingerprint density at radius 1 is 0.718 bits per heavy atom. The van der Waals surface area contributed by atoms with E-state index in [1.54, 1.807) is 0 Å². The lowest BCUT2D eigenvalue weighted by molar-refractivity contribution is -0.669. The van der Waals surface area contributed by atoms with E-state index in [0.717, 1.165) is 44.1 Å². The number of hydrogen-bond acceptors (Lipinski definition) is 3. The van der Waals surface area contributed by atoms with Crippen molar-refractivity contribution in [2.45, 2.75) is 25.7 Å². The maximum absolute atomic E-state index is 6.48. The molecule has 0 saturated carbocycles. The van der Waals surface area contributed by atoms with Gasteiger partial charge >= 0.3 is 0 Å². The SMILES string of the molecule is Cc1ccc2c(n1)oc1c(-c3ccc4c([n+]3C)C3c5ccccc5C4c4cc5cocc5cc43)c(C)ccc12. The van der Waals surface area contributed by atoms with Gasteiger partial charge in [-0.2, -0.15) is 4.57 Å². The third-order valence-corrected chi connectivity index (χ3v) is 9.05. The highest BCUT2D eigenvalue weighted by Gasteiger charge is 2.47. The zero-order valence-electron chi connectivity index (χ0n) is 21.9. The third-order valence-electron chi connectivity index (χ3n) is 9.05. The van der Waals surface area contributed by atoms with Crippen molar-refractivity contribution in [3.8, 4) is 11.3 Å². The van der Waals surface area contributed by atoms with Crippen molar-refractivity contribution in [1.82, 2.24) is 4.98 Å². The van der Waals surface area contributed by atoms with Gasteiger partial charge in [-0.25, -0.2) is 4.98 Å². The van der Waals surface area contributed by atoms with Gasteiger partial charge in [-0.15, -0.1) is 0 Å². The van der Waals surface area contributed by atoms with Crippen molar-refractivity contribution >= 4 is 32.8 Å². The fourth-order valence-electron chi connectivity index (χ4n) is 7.33. The van der Waals surface area contributed by atoms with E-state index >= 15 is 0 Å². The van der Waals surface area contributed by atoms with Crippen LogP contribution in [0, 0.1) is 13.8 Å². The topological polar surface area (TPSA) is 43.0 Å². The molecular formula is C35H25N2O2+. The average Bonchev–Trinajstić information content (AvgIpc) is 3.55. The lowest BCUT2D eigenvalue weighted by Gasteiger charge is -2.39. The van der Waals surface area contributed by atoms with Gasteiger partial charge in [0.25, 0.3) is 0 Å². The highest BCUT2D eigenvalue weighted by molar-refractivity contribution is 6.08. The first-order valence-electron chi connectivity index (χ1n) is 13.5. The van der Waals surface area contributed by atoms with Gasteiger partial charge in [0.1, 0.15) is 7.05 Å². The van der Waals surface area contributed by atoms with E-state index in [0.29, 0.717) is 5.71 Å². The smallest absolute Gasteiger partial charge is 0.227 e. The Morgan fingerprint density at radius 3 is 2.23 bits per heavy atom. The van der Waals surface area contributed by atoms with E-state index in [1.807, 2.05) is 19.5 Å². The molecule has 39 heavy (non-hydrogen) atoms. The van der Waals surface area contributed by atoms with Crippen LogP contribution in [-0.4, -0.2) is 4.98 Å². The number of furan rings is 2. The molecule has 0 radical (unpaired) electrons. The number of pyridine rings is 2. The quantitative estimate of drug-likeness (QED) is 0.214. The molecule has 10 rings (SSSR count). The molecule has 7 aromatic rings. The summed E-state index contributed by atoms with van der Waals surface area (Å²) in [5, 5.41) is 4.49. The van der Waals surface area contributed by atoms with Crippen LogP contribution >= 0.6 is 0 Å². The molecule has 2 bridgehead atoms. The monoisotopic (exact) mass is 505 g/mol. The number of benzene rings is 3. The predicted molar refractivity (Wildman–Crippen MR) is 152 cm³/mol. The van der Waals surface area contributed by atoms with Crippen molar-refractivity contribution < 1.29 is 13.4 Å². The molecule has 4 aromatic heterocycles. The summed E-state index contributed by atoms with van der Waals surface area (Å²) in [5.41, 5.74) is 14.4. The first-order valence-corrected chi connectivity index (χ1v) is 13.5. The van der Waals surface area contributed by atoms with Gasteiger partial charge in [0.05, 0.1) is 24.0 Å². The first kappa shape index (κ1) is 21.3. The van der Waals surface area contributed by atoms with Crippen LogP contribution < -0.4 is 4.57 Å². The summed E-state index contributed by atoms with van der Waals surface area (Å²) in [4.78, 5) is 4.69. The maximum Gasteiger partial charge on any atom is 0.227 e. The Kier molecular flexibility index (Phi) is 3.94. The lowest BCUT2D eigenvalue weighted by atomic mass is 9.62. The Hall–Kier alpha value is -4.70. The highest BCUT2D eigenvalue weighted by atomic mass is 16.3. The largest absolute Gasteiger partial charge is 0.471 e. The maximum atomic E-state index is 6.48. The van der Waals surface area contributed by atoms with E-state index in [4.69, 9.17) is 13.8 Å². The second-order valence-electron chi connectivity index (χ2n) is 11.1. The standard InChI is InChI=1S/C35H25N2O2/c1-18-8-10-24-25-11-9-19(2)36-35(25)39-34(24)30(18)29-13-12-26-31-22-6-4-5-7-23(22)32(33(26)37(29)3)28-15-21-17-38-16-20(21)14-27(28)31/h4-17,31-32H,1-3H3/q+1. The molecule has 2 atom stereocenters. The summed E-state index contributed by atoms with van der Waals surface area (Å²) < 4.78 is 14.5. The molecule has 186 valence electrons. The molecule has 2 unspecified atom stereocenters. The summed E-state index contributed by atoms with van der Waals surface area (Å²) in [6.07, 6.45) is 3.73. The zero-order valence-corrected chi connectivity index (χ0v) is 21.9. The summed E-state index contributed by atoms with van der Waals surface area (Å²) >= 11 is 0. The summed E-state index contributed by atoms with van der Waals surface area (Å²) in [5.74, 6) is 0.353. The van der Waals surface area contributed by atoms with Crippen molar-refractivity contribution in [1.29, 1.82) is 0 Å². The number of nitrogens with zero attached hydrogens (tertiary/aromatic N) is 2. The van der Waals surface area contributed by atoms with Gasteiger partial charge in [0, 0.05) is 44.8 Å². The summed E-state index contributed by atoms with van der Waals surface area (Å²) in [6, 6.07) is 26.8. The van der Waals surface area contributed by atoms with Crippen LogP contribution in [-0.2, 0) is 7.05 Å². The third kappa shape index (κ3) is 2.63. The second-order valence-corrected chi connectivity index (χ2v) is 11.1. The van der Waals surface area contributed by atoms with Crippen LogP contribution in [0.5, 0.6) is 0 Å². The van der Waals surface area contributed by atoms with Crippen molar-refractivity contribution in [3.05, 3.63) is 130 Å². The Labute approximate surface area is 225 Å². The Bertz CT molecular complexity index is 2180. The van der Waals surface area contributed by atoms with Gasteiger partial charge in [-0.05, 0) is 72.0 Å². The van der Waals surface area contributed by atoms with E-state index in [2.05, 4.69) is 91.3 Å². The minimum Gasteiger partial charge on any atom is -0.471 e. The van der Waals surface area contributed by atoms with Gasteiger partial charge in [0.2, 0.25) is 11.4 Å². The van der Waals surface area contributed by atoms with E-state index < -0.39 is 0 Å². The van der Waals surface area contributed by atoms with Gasteiger partial charge in [-0.3, -0.25) is 0 Å². The lowest BCUT2D eigenvalue weighted by Crippen LogP contribution is -2.44.